The van der Waals surface area contributed by atoms with Crippen molar-refractivity contribution in [1.29, 1.82) is 0 Å². The average Bonchev–Trinajstić information content (AvgIpc) is 3.54. The van der Waals surface area contributed by atoms with Crippen LogP contribution < -0.4 is 20.1 Å². The van der Waals surface area contributed by atoms with Crippen LogP contribution in [0, 0.1) is 11.8 Å². The standard InChI is InChI=1S/C23H26N2O3/c1-17(25-20-11-12-20)18-10-13-22(27-2)19(15-18)7-6-14-24-23(26)16-28-21-8-4-3-5-9-21/h3-5,8-10,13,15,17,20,25H,11-12,14,16H2,1-2H3,(H,24,26). The van der Waals surface area contributed by atoms with Gasteiger partial charge in [-0.15, -0.1) is 0 Å². The highest BCUT2D eigenvalue weighted by Gasteiger charge is 2.23. The number of hydrogen-bond donors (Lipinski definition) is 2. The van der Waals surface area contributed by atoms with Crippen molar-refractivity contribution >= 4 is 5.91 Å². The molecule has 0 bridgehead atoms. The van der Waals surface area contributed by atoms with Crippen LogP contribution >= 0.6 is 0 Å². The Morgan fingerprint density at radius 3 is 2.71 bits per heavy atom. The SMILES string of the molecule is COc1ccc(C(C)NC2CC2)cc1C#CCNC(=O)COc1ccccc1. The van der Waals surface area contributed by atoms with Gasteiger partial charge in [-0.05, 0) is 49.6 Å². The Labute approximate surface area is 166 Å². The van der Waals surface area contributed by atoms with Crippen LogP contribution in [0.3, 0.4) is 0 Å². The van der Waals surface area contributed by atoms with Crippen LogP contribution in [0.1, 0.15) is 36.9 Å². The molecule has 2 aromatic carbocycles. The summed E-state index contributed by atoms with van der Waals surface area (Å²) in [6, 6.07) is 16.2. The van der Waals surface area contributed by atoms with E-state index in [1.807, 2.05) is 42.5 Å². The van der Waals surface area contributed by atoms with E-state index >= 15 is 0 Å². The minimum absolute atomic E-state index is 0.0329. The van der Waals surface area contributed by atoms with E-state index in [0.29, 0.717) is 11.8 Å². The van der Waals surface area contributed by atoms with E-state index in [0.717, 1.165) is 11.3 Å². The molecule has 5 heteroatoms. The number of rotatable bonds is 8. The number of nitrogens with one attached hydrogen (secondary N) is 2. The minimum atomic E-state index is -0.207. The molecular formula is C23H26N2O3. The Balaban J connectivity index is 1.52. The molecule has 0 aliphatic heterocycles. The van der Waals surface area contributed by atoms with Crippen molar-refractivity contribution in [3.05, 3.63) is 59.7 Å². The first-order valence-electron chi connectivity index (χ1n) is 9.53. The van der Waals surface area contributed by atoms with Crippen LogP contribution in [0.25, 0.3) is 0 Å². The van der Waals surface area contributed by atoms with Gasteiger partial charge in [-0.25, -0.2) is 0 Å². The first-order valence-corrected chi connectivity index (χ1v) is 9.53. The fourth-order valence-electron chi connectivity index (χ4n) is 2.79. The van der Waals surface area contributed by atoms with E-state index in [1.165, 1.54) is 18.4 Å². The molecule has 3 rings (SSSR count). The number of amides is 1. The summed E-state index contributed by atoms with van der Waals surface area (Å²) < 4.78 is 10.8. The van der Waals surface area contributed by atoms with Gasteiger partial charge in [0.25, 0.3) is 5.91 Å². The third-order valence-corrected chi connectivity index (χ3v) is 4.50. The molecular weight excluding hydrogens is 352 g/mol. The van der Waals surface area contributed by atoms with Crippen molar-refractivity contribution in [2.45, 2.75) is 31.8 Å². The molecule has 1 aliphatic rings. The Hall–Kier alpha value is -2.97. The molecule has 0 heterocycles. The summed E-state index contributed by atoms with van der Waals surface area (Å²) in [4.78, 5) is 11.9. The zero-order chi connectivity index (χ0) is 19.8. The highest BCUT2D eigenvalue weighted by atomic mass is 16.5. The van der Waals surface area contributed by atoms with Gasteiger partial charge in [-0.1, -0.05) is 36.1 Å². The van der Waals surface area contributed by atoms with Crippen LogP contribution in [-0.2, 0) is 4.79 Å². The number of carbonyl (C=O) groups excluding carboxylic acids is 1. The number of benzene rings is 2. The Morgan fingerprint density at radius 2 is 2.00 bits per heavy atom. The predicted molar refractivity (Wildman–Crippen MR) is 109 cm³/mol. The maximum atomic E-state index is 11.9. The van der Waals surface area contributed by atoms with Gasteiger partial charge in [0.2, 0.25) is 0 Å². The molecule has 0 radical (unpaired) electrons. The second-order valence-corrected chi connectivity index (χ2v) is 6.80. The summed E-state index contributed by atoms with van der Waals surface area (Å²) in [6.07, 6.45) is 2.50. The molecule has 1 unspecified atom stereocenters. The normalized spacial score (nSPS) is 13.8. The number of hydrogen-bond acceptors (Lipinski definition) is 4. The van der Waals surface area contributed by atoms with E-state index < -0.39 is 0 Å². The van der Waals surface area contributed by atoms with Crippen molar-refractivity contribution in [3.63, 3.8) is 0 Å². The molecule has 146 valence electrons. The van der Waals surface area contributed by atoms with Gasteiger partial charge < -0.3 is 20.1 Å². The largest absolute Gasteiger partial charge is 0.495 e. The number of para-hydroxylation sites is 1. The second kappa shape index (κ2) is 9.82. The summed E-state index contributed by atoms with van der Waals surface area (Å²) in [6.45, 7) is 2.37. The van der Waals surface area contributed by atoms with Crippen LogP contribution in [-0.4, -0.2) is 32.2 Å². The lowest BCUT2D eigenvalue weighted by atomic mass is 10.0. The maximum absolute atomic E-state index is 11.9. The summed E-state index contributed by atoms with van der Waals surface area (Å²) in [5.74, 6) is 7.27. The summed E-state index contributed by atoms with van der Waals surface area (Å²) in [5.41, 5.74) is 2.00. The van der Waals surface area contributed by atoms with Crippen LogP contribution in [0.15, 0.2) is 48.5 Å². The Bertz CT molecular complexity index is 851. The van der Waals surface area contributed by atoms with Gasteiger partial charge in [-0.2, -0.15) is 0 Å². The van der Waals surface area contributed by atoms with E-state index in [-0.39, 0.29) is 25.1 Å². The van der Waals surface area contributed by atoms with Crippen molar-refractivity contribution in [2.24, 2.45) is 0 Å². The molecule has 0 spiro atoms. The fourth-order valence-corrected chi connectivity index (χ4v) is 2.79. The first kappa shape index (κ1) is 19.8. The molecule has 2 aromatic rings. The summed E-state index contributed by atoms with van der Waals surface area (Å²) in [5, 5.41) is 6.33. The topological polar surface area (TPSA) is 59.6 Å². The molecule has 1 saturated carbocycles. The van der Waals surface area contributed by atoms with Crippen LogP contribution in [0.4, 0.5) is 0 Å². The maximum Gasteiger partial charge on any atom is 0.258 e. The lowest BCUT2D eigenvalue weighted by Gasteiger charge is -2.15. The number of methoxy groups -OCH3 is 1. The molecule has 2 N–H and O–H groups in total. The van der Waals surface area contributed by atoms with Gasteiger partial charge in [0.05, 0.1) is 19.2 Å². The highest BCUT2D eigenvalue weighted by molar-refractivity contribution is 5.77. The molecule has 1 fully saturated rings. The first-order chi connectivity index (χ1) is 13.7. The summed E-state index contributed by atoms with van der Waals surface area (Å²) in [7, 11) is 1.63. The van der Waals surface area contributed by atoms with Crippen molar-refractivity contribution < 1.29 is 14.3 Å². The van der Waals surface area contributed by atoms with Gasteiger partial charge in [-0.3, -0.25) is 4.79 Å². The van der Waals surface area contributed by atoms with Gasteiger partial charge in [0.1, 0.15) is 11.5 Å². The van der Waals surface area contributed by atoms with Gasteiger partial charge in [0, 0.05) is 12.1 Å². The van der Waals surface area contributed by atoms with Crippen molar-refractivity contribution in [1.82, 2.24) is 10.6 Å². The molecule has 1 atom stereocenters. The highest BCUT2D eigenvalue weighted by Crippen LogP contribution is 2.26. The van der Waals surface area contributed by atoms with E-state index in [9.17, 15) is 4.79 Å². The van der Waals surface area contributed by atoms with Gasteiger partial charge >= 0.3 is 0 Å². The van der Waals surface area contributed by atoms with Crippen molar-refractivity contribution in [2.75, 3.05) is 20.3 Å². The molecule has 28 heavy (non-hydrogen) atoms. The Morgan fingerprint density at radius 1 is 1.21 bits per heavy atom. The second-order valence-electron chi connectivity index (χ2n) is 6.80. The third-order valence-electron chi connectivity index (χ3n) is 4.50. The average molecular weight is 378 g/mol. The quantitative estimate of drug-likeness (QED) is 0.693. The zero-order valence-electron chi connectivity index (χ0n) is 16.3. The fraction of sp³-hybridized carbons (Fsp3) is 0.348. The number of ether oxygens (including phenoxy) is 2. The molecule has 0 aromatic heterocycles. The van der Waals surface area contributed by atoms with Gasteiger partial charge in [0.15, 0.2) is 6.61 Å². The lowest BCUT2D eigenvalue weighted by Crippen LogP contribution is -2.29. The van der Waals surface area contributed by atoms with E-state index in [4.69, 9.17) is 9.47 Å². The van der Waals surface area contributed by atoms with Crippen LogP contribution in [0.2, 0.25) is 0 Å². The predicted octanol–water partition coefficient (Wildman–Crippen LogP) is 3.05. The van der Waals surface area contributed by atoms with Crippen molar-refractivity contribution in [3.8, 4) is 23.3 Å². The number of carbonyl (C=O) groups is 1. The Kier molecular flexibility index (Phi) is 6.94. The molecule has 5 nitrogen and oxygen atoms in total. The minimum Gasteiger partial charge on any atom is -0.495 e. The molecule has 1 amide bonds. The molecule has 1 aliphatic carbocycles. The lowest BCUT2D eigenvalue weighted by molar-refractivity contribution is -0.122. The van der Waals surface area contributed by atoms with E-state index in [1.54, 1.807) is 7.11 Å². The summed E-state index contributed by atoms with van der Waals surface area (Å²) >= 11 is 0. The zero-order valence-corrected chi connectivity index (χ0v) is 16.3. The monoisotopic (exact) mass is 378 g/mol. The smallest absolute Gasteiger partial charge is 0.258 e. The van der Waals surface area contributed by atoms with E-state index in [2.05, 4.69) is 35.5 Å². The molecule has 0 saturated heterocycles. The third kappa shape index (κ3) is 6.04. The van der Waals surface area contributed by atoms with Crippen LogP contribution in [0.5, 0.6) is 11.5 Å².